The fourth-order valence-corrected chi connectivity index (χ4v) is 3.67. The lowest BCUT2D eigenvalue weighted by Crippen LogP contribution is -2.14. The molecule has 1 amide bonds. The van der Waals surface area contributed by atoms with Crippen LogP contribution in [0.2, 0.25) is 0 Å². The van der Waals surface area contributed by atoms with Gasteiger partial charge in [-0.3, -0.25) is 19.7 Å². The number of para-hydroxylation sites is 1. The predicted molar refractivity (Wildman–Crippen MR) is 123 cm³/mol. The summed E-state index contributed by atoms with van der Waals surface area (Å²) in [4.78, 5) is 30.2. The van der Waals surface area contributed by atoms with Gasteiger partial charge in [0.05, 0.1) is 22.1 Å². The van der Waals surface area contributed by atoms with E-state index in [4.69, 9.17) is 0 Å². The Morgan fingerprint density at radius 3 is 2.52 bits per heavy atom. The van der Waals surface area contributed by atoms with Crippen molar-refractivity contribution in [3.8, 4) is 5.69 Å². The number of aromatic nitrogens is 3. The molecule has 0 fully saturated rings. The van der Waals surface area contributed by atoms with Crippen LogP contribution in [0.3, 0.4) is 0 Å². The van der Waals surface area contributed by atoms with Gasteiger partial charge < -0.3 is 5.32 Å². The Hall–Kier alpha value is -4.19. The van der Waals surface area contributed by atoms with E-state index in [2.05, 4.69) is 15.4 Å². The molecular formula is C25H20N4O2. The van der Waals surface area contributed by atoms with Crippen molar-refractivity contribution in [2.75, 3.05) is 5.32 Å². The maximum atomic E-state index is 13.0. The number of rotatable bonds is 3. The topological polar surface area (TPSA) is 79.8 Å². The summed E-state index contributed by atoms with van der Waals surface area (Å²) in [5.74, 6) is -0.221. The number of aromatic amines is 1. The molecule has 0 saturated carbocycles. The average Bonchev–Trinajstić information content (AvgIpc) is 3.13. The molecule has 0 unspecified atom stereocenters. The number of hydrogen-bond acceptors (Lipinski definition) is 3. The number of aryl methyl sites for hydroxylation is 2. The smallest absolute Gasteiger partial charge is 0.280 e. The van der Waals surface area contributed by atoms with Crippen molar-refractivity contribution in [2.45, 2.75) is 13.8 Å². The number of amides is 1. The van der Waals surface area contributed by atoms with Gasteiger partial charge in [-0.15, -0.1) is 0 Å². The normalized spacial score (nSPS) is 11.2. The Balaban J connectivity index is 1.63. The first-order valence-corrected chi connectivity index (χ1v) is 9.99. The van der Waals surface area contributed by atoms with Crippen LogP contribution in [0.25, 0.3) is 27.5 Å². The monoisotopic (exact) mass is 408 g/mol. The number of nitrogens with one attached hydrogen (secondary N) is 2. The Bertz CT molecular complexity index is 1510. The quantitative estimate of drug-likeness (QED) is 0.453. The van der Waals surface area contributed by atoms with Gasteiger partial charge in [-0.2, -0.15) is 0 Å². The molecule has 3 aromatic carbocycles. The SMILES string of the molecule is Cc1ccc(-n2[nH]c3c(cnc4ccc(C(=O)Nc5ccccc5)cc43)c2=O)cc1C. The third-order valence-corrected chi connectivity index (χ3v) is 5.57. The third-order valence-electron chi connectivity index (χ3n) is 5.57. The van der Waals surface area contributed by atoms with Gasteiger partial charge >= 0.3 is 0 Å². The Morgan fingerprint density at radius 1 is 0.935 bits per heavy atom. The first-order valence-electron chi connectivity index (χ1n) is 9.99. The van der Waals surface area contributed by atoms with Crippen molar-refractivity contribution in [3.63, 3.8) is 0 Å². The molecule has 5 aromatic rings. The van der Waals surface area contributed by atoms with Crippen LogP contribution in [0.5, 0.6) is 0 Å². The summed E-state index contributed by atoms with van der Waals surface area (Å²) in [6.45, 7) is 4.05. The number of benzene rings is 3. The molecule has 2 heterocycles. The number of pyridine rings is 1. The van der Waals surface area contributed by atoms with E-state index in [0.717, 1.165) is 27.9 Å². The van der Waals surface area contributed by atoms with Gasteiger partial charge in [-0.1, -0.05) is 24.3 Å². The standard InChI is InChI=1S/C25H20N4O2/c1-15-8-10-19(12-16(15)2)29-25(31)21-14-26-22-11-9-17(13-20(22)23(21)28-29)24(30)27-18-6-4-3-5-7-18/h3-14,28H,1-2H3,(H,27,30). The Labute approximate surface area is 178 Å². The molecule has 6 heteroatoms. The molecule has 152 valence electrons. The number of hydrogen-bond donors (Lipinski definition) is 2. The molecular weight excluding hydrogens is 388 g/mol. The van der Waals surface area contributed by atoms with Crippen molar-refractivity contribution < 1.29 is 4.79 Å². The molecule has 0 radical (unpaired) electrons. The Morgan fingerprint density at radius 2 is 1.74 bits per heavy atom. The minimum atomic E-state index is -0.221. The predicted octanol–water partition coefficient (Wildman–Crippen LogP) is 4.74. The molecule has 0 aliphatic carbocycles. The third kappa shape index (κ3) is 3.28. The van der Waals surface area contributed by atoms with Gasteiger partial charge in [0.2, 0.25) is 0 Å². The molecule has 0 aliphatic heterocycles. The molecule has 31 heavy (non-hydrogen) atoms. The molecule has 0 atom stereocenters. The first kappa shape index (κ1) is 18.8. The summed E-state index contributed by atoms with van der Waals surface area (Å²) >= 11 is 0. The van der Waals surface area contributed by atoms with Gasteiger partial charge in [0, 0.05) is 22.8 Å². The minimum absolute atomic E-state index is 0.174. The molecule has 0 aliphatic rings. The van der Waals surface area contributed by atoms with Crippen molar-refractivity contribution in [3.05, 3.63) is 100.0 Å². The van der Waals surface area contributed by atoms with Gasteiger partial charge in [-0.05, 0) is 67.4 Å². The molecule has 0 bridgehead atoms. The van der Waals surface area contributed by atoms with Crippen LogP contribution in [0.1, 0.15) is 21.5 Å². The van der Waals surface area contributed by atoms with Gasteiger partial charge in [0.15, 0.2) is 0 Å². The molecule has 0 saturated heterocycles. The zero-order valence-corrected chi connectivity index (χ0v) is 17.1. The number of fused-ring (bicyclic) bond motifs is 3. The second-order valence-electron chi connectivity index (χ2n) is 7.62. The van der Waals surface area contributed by atoms with Crippen LogP contribution in [0.4, 0.5) is 5.69 Å². The van der Waals surface area contributed by atoms with Crippen molar-refractivity contribution >= 4 is 33.4 Å². The Kier molecular flexibility index (Phi) is 4.40. The van der Waals surface area contributed by atoms with E-state index in [0.29, 0.717) is 22.0 Å². The summed E-state index contributed by atoms with van der Waals surface area (Å²) in [6, 6.07) is 20.5. The fourth-order valence-electron chi connectivity index (χ4n) is 3.67. The number of nitrogens with zero attached hydrogens (tertiary/aromatic N) is 2. The van der Waals surface area contributed by atoms with E-state index >= 15 is 0 Å². The highest BCUT2D eigenvalue weighted by atomic mass is 16.1. The molecule has 2 N–H and O–H groups in total. The highest BCUT2D eigenvalue weighted by Crippen LogP contribution is 2.23. The van der Waals surface area contributed by atoms with Crippen molar-refractivity contribution in [2.24, 2.45) is 0 Å². The summed E-state index contributed by atoms with van der Waals surface area (Å²) in [7, 11) is 0. The number of H-pyrrole nitrogens is 1. The lowest BCUT2D eigenvalue weighted by molar-refractivity contribution is 0.102. The van der Waals surface area contributed by atoms with Gasteiger partial charge in [0.25, 0.3) is 11.5 Å². The van der Waals surface area contributed by atoms with Crippen LogP contribution >= 0.6 is 0 Å². The maximum absolute atomic E-state index is 13.0. The molecule has 5 rings (SSSR count). The first-order chi connectivity index (χ1) is 15.0. The summed E-state index contributed by atoms with van der Waals surface area (Å²) in [5.41, 5.74) is 5.42. The maximum Gasteiger partial charge on any atom is 0.280 e. The fraction of sp³-hybridized carbons (Fsp3) is 0.0800. The van der Waals surface area contributed by atoms with Crippen molar-refractivity contribution in [1.29, 1.82) is 0 Å². The lowest BCUT2D eigenvalue weighted by atomic mass is 10.1. The second kappa shape index (κ2) is 7.25. The molecule has 2 aromatic heterocycles. The summed E-state index contributed by atoms with van der Waals surface area (Å²) < 4.78 is 1.52. The van der Waals surface area contributed by atoms with E-state index in [9.17, 15) is 9.59 Å². The van der Waals surface area contributed by atoms with Crippen LogP contribution in [-0.2, 0) is 0 Å². The van der Waals surface area contributed by atoms with Crippen molar-refractivity contribution in [1.82, 2.24) is 14.8 Å². The van der Waals surface area contributed by atoms with Crippen LogP contribution in [0.15, 0.2) is 77.7 Å². The minimum Gasteiger partial charge on any atom is -0.322 e. The lowest BCUT2D eigenvalue weighted by Gasteiger charge is -2.07. The largest absolute Gasteiger partial charge is 0.322 e. The zero-order valence-electron chi connectivity index (χ0n) is 17.1. The van der Waals surface area contributed by atoms with E-state index in [-0.39, 0.29) is 11.5 Å². The molecule has 0 spiro atoms. The zero-order chi connectivity index (χ0) is 21.5. The van der Waals surface area contributed by atoms with Crippen LogP contribution in [0, 0.1) is 13.8 Å². The van der Waals surface area contributed by atoms with Crippen LogP contribution in [-0.4, -0.2) is 20.7 Å². The van der Waals surface area contributed by atoms with Gasteiger partial charge in [-0.25, -0.2) is 4.68 Å². The van der Waals surface area contributed by atoms with Gasteiger partial charge in [0.1, 0.15) is 0 Å². The van der Waals surface area contributed by atoms with E-state index in [1.165, 1.54) is 4.68 Å². The second-order valence-corrected chi connectivity index (χ2v) is 7.62. The highest BCUT2D eigenvalue weighted by molar-refractivity contribution is 6.10. The average molecular weight is 408 g/mol. The number of carbonyl (C=O) groups excluding carboxylic acids is 1. The highest BCUT2D eigenvalue weighted by Gasteiger charge is 2.14. The number of carbonyl (C=O) groups is 1. The van der Waals surface area contributed by atoms with E-state index in [1.807, 2.05) is 62.4 Å². The summed E-state index contributed by atoms with van der Waals surface area (Å²) in [6.07, 6.45) is 1.58. The molecule has 6 nitrogen and oxygen atoms in total. The summed E-state index contributed by atoms with van der Waals surface area (Å²) in [5, 5.41) is 7.30. The van der Waals surface area contributed by atoms with E-state index in [1.54, 1.807) is 24.4 Å². The van der Waals surface area contributed by atoms with Crippen LogP contribution < -0.4 is 10.9 Å². The van der Waals surface area contributed by atoms with E-state index < -0.39 is 0 Å². The number of anilines is 1.